The number of rotatable bonds is 8. The SMILES string of the molecule is CCNC(=NCc1coc(-c2ccccc2)n1)NCCCc1c(C)noc1C.I. The van der Waals surface area contributed by atoms with E-state index in [1.807, 2.05) is 51.1 Å². The van der Waals surface area contributed by atoms with Gasteiger partial charge in [-0.05, 0) is 45.7 Å². The molecule has 0 fully saturated rings. The standard InChI is InChI=1S/C21H27N5O2.HI/c1-4-22-21(23-12-8-11-19-15(2)26-28-16(19)3)24-13-18-14-27-20(25-18)17-9-6-5-7-10-17;/h5-7,9-10,14H,4,8,11-13H2,1-3H3,(H2,22,23,24);1H. The minimum Gasteiger partial charge on any atom is -0.444 e. The molecule has 0 radical (unpaired) electrons. The van der Waals surface area contributed by atoms with Gasteiger partial charge in [0.1, 0.15) is 17.7 Å². The molecule has 0 saturated heterocycles. The summed E-state index contributed by atoms with van der Waals surface area (Å²) in [5, 5.41) is 10.6. The number of benzene rings is 1. The van der Waals surface area contributed by atoms with Gasteiger partial charge in [-0.15, -0.1) is 24.0 Å². The molecule has 0 atom stereocenters. The van der Waals surface area contributed by atoms with Gasteiger partial charge >= 0.3 is 0 Å². The molecule has 8 heteroatoms. The second-order valence-electron chi connectivity index (χ2n) is 6.54. The fraction of sp³-hybridized carbons (Fsp3) is 0.381. The number of aryl methyl sites for hydroxylation is 2. The third-order valence-electron chi connectivity index (χ3n) is 4.39. The molecule has 2 heterocycles. The minimum atomic E-state index is 0. The van der Waals surface area contributed by atoms with Crippen molar-refractivity contribution in [3.05, 3.63) is 59.3 Å². The lowest BCUT2D eigenvalue weighted by molar-refractivity contribution is 0.392. The van der Waals surface area contributed by atoms with E-state index in [1.54, 1.807) is 6.26 Å². The summed E-state index contributed by atoms with van der Waals surface area (Å²) < 4.78 is 10.8. The fourth-order valence-corrected chi connectivity index (χ4v) is 2.93. The molecule has 0 saturated carbocycles. The summed E-state index contributed by atoms with van der Waals surface area (Å²) in [6.07, 6.45) is 3.56. The highest BCUT2D eigenvalue weighted by Gasteiger charge is 2.09. The van der Waals surface area contributed by atoms with Crippen LogP contribution in [0.4, 0.5) is 0 Å². The van der Waals surface area contributed by atoms with E-state index in [0.717, 1.165) is 54.6 Å². The Kier molecular flexibility index (Phi) is 9.17. The summed E-state index contributed by atoms with van der Waals surface area (Å²) in [6.45, 7) is 8.04. The van der Waals surface area contributed by atoms with Crippen molar-refractivity contribution in [1.82, 2.24) is 20.8 Å². The number of hydrogen-bond acceptors (Lipinski definition) is 5. The van der Waals surface area contributed by atoms with Gasteiger partial charge in [0, 0.05) is 24.2 Å². The largest absolute Gasteiger partial charge is 0.444 e. The number of aromatic nitrogens is 2. The molecule has 1 aromatic carbocycles. The molecule has 0 bridgehead atoms. The Hall–Kier alpha value is -2.36. The molecule has 0 spiro atoms. The molecule has 29 heavy (non-hydrogen) atoms. The zero-order valence-corrected chi connectivity index (χ0v) is 19.4. The zero-order chi connectivity index (χ0) is 19.8. The average molecular weight is 509 g/mol. The Morgan fingerprint density at radius 2 is 1.93 bits per heavy atom. The van der Waals surface area contributed by atoms with Crippen LogP contribution in [0.5, 0.6) is 0 Å². The molecule has 0 amide bonds. The van der Waals surface area contributed by atoms with Crippen LogP contribution in [0.2, 0.25) is 0 Å². The molecule has 2 aromatic heterocycles. The molecule has 3 aromatic rings. The predicted molar refractivity (Wildman–Crippen MR) is 124 cm³/mol. The van der Waals surface area contributed by atoms with E-state index in [4.69, 9.17) is 8.94 Å². The molecule has 0 aliphatic rings. The van der Waals surface area contributed by atoms with Crippen molar-refractivity contribution in [3.63, 3.8) is 0 Å². The van der Waals surface area contributed by atoms with E-state index in [0.29, 0.717) is 12.4 Å². The van der Waals surface area contributed by atoms with Gasteiger partial charge in [-0.3, -0.25) is 0 Å². The summed E-state index contributed by atoms with van der Waals surface area (Å²) in [6, 6.07) is 9.85. The molecule has 2 N–H and O–H groups in total. The maximum absolute atomic E-state index is 5.57. The van der Waals surface area contributed by atoms with E-state index in [2.05, 4.69) is 25.8 Å². The molecule has 156 valence electrons. The van der Waals surface area contributed by atoms with Crippen molar-refractivity contribution < 1.29 is 8.94 Å². The van der Waals surface area contributed by atoms with E-state index < -0.39 is 0 Å². The Bertz CT molecular complexity index is 885. The first kappa shape index (κ1) is 22.9. The third kappa shape index (κ3) is 6.59. The van der Waals surface area contributed by atoms with Crippen molar-refractivity contribution in [2.24, 2.45) is 4.99 Å². The summed E-state index contributed by atoms with van der Waals surface area (Å²) in [5.41, 5.74) is 3.92. The Balaban J connectivity index is 0.00000300. The summed E-state index contributed by atoms with van der Waals surface area (Å²) >= 11 is 0. The van der Waals surface area contributed by atoms with Crippen LogP contribution in [0, 0.1) is 13.8 Å². The molecule has 0 unspecified atom stereocenters. The maximum Gasteiger partial charge on any atom is 0.226 e. The number of oxazole rings is 1. The van der Waals surface area contributed by atoms with Crippen molar-refractivity contribution >= 4 is 29.9 Å². The highest BCUT2D eigenvalue weighted by atomic mass is 127. The third-order valence-corrected chi connectivity index (χ3v) is 4.39. The molecule has 7 nitrogen and oxygen atoms in total. The van der Waals surface area contributed by atoms with E-state index in [9.17, 15) is 0 Å². The smallest absolute Gasteiger partial charge is 0.226 e. The first-order chi connectivity index (χ1) is 13.7. The Morgan fingerprint density at radius 3 is 2.62 bits per heavy atom. The number of nitrogens with zero attached hydrogens (tertiary/aromatic N) is 3. The number of nitrogens with one attached hydrogen (secondary N) is 2. The van der Waals surface area contributed by atoms with Crippen LogP contribution in [-0.4, -0.2) is 29.2 Å². The minimum absolute atomic E-state index is 0. The number of halogens is 1. The lowest BCUT2D eigenvalue weighted by Crippen LogP contribution is -2.37. The van der Waals surface area contributed by atoms with E-state index in [1.165, 1.54) is 5.56 Å². The van der Waals surface area contributed by atoms with Crippen LogP contribution in [0.25, 0.3) is 11.5 Å². The number of hydrogen-bond donors (Lipinski definition) is 2. The van der Waals surface area contributed by atoms with Gasteiger partial charge in [-0.25, -0.2) is 9.98 Å². The molecule has 0 aliphatic heterocycles. The topological polar surface area (TPSA) is 88.5 Å². The Morgan fingerprint density at radius 1 is 1.14 bits per heavy atom. The van der Waals surface area contributed by atoms with E-state index in [-0.39, 0.29) is 24.0 Å². The summed E-state index contributed by atoms with van der Waals surface area (Å²) in [7, 11) is 0. The van der Waals surface area contributed by atoms with Crippen LogP contribution in [-0.2, 0) is 13.0 Å². The van der Waals surface area contributed by atoms with Crippen molar-refractivity contribution in [3.8, 4) is 11.5 Å². The van der Waals surface area contributed by atoms with Crippen molar-refractivity contribution in [2.75, 3.05) is 13.1 Å². The highest BCUT2D eigenvalue weighted by molar-refractivity contribution is 14.0. The Labute approximate surface area is 188 Å². The van der Waals surface area contributed by atoms with Crippen LogP contribution in [0.15, 0.2) is 50.5 Å². The van der Waals surface area contributed by atoms with Crippen molar-refractivity contribution in [1.29, 1.82) is 0 Å². The molecular weight excluding hydrogens is 481 g/mol. The van der Waals surface area contributed by atoms with Crippen LogP contribution < -0.4 is 10.6 Å². The van der Waals surface area contributed by atoms with Crippen LogP contribution in [0.1, 0.15) is 36.1 Å². The predicted octanol–water partition coefficient (Wildman–Crippen LogP) is 4.25. The van der Waals surface area contributed by atoms with Crippen molar-refractivity contribution in [2.45, 2.75) is 40.2 Å². The first-order valence-corrected chi connectivity index (χ1v) is 9.61. The number of guanidine groups is 1. The zero-order valence-electron chi connectivity index (χ0n) is 17.1. The van der Waals surface area contributed by atoms with Gasteiger partial charge < -0.3 is 19.6 Å². The normalized spacial score (nSPS) is 11.2. The monoisotopic (exact) mass is 509 g/mol. The molecule has 0 aliphatic carbocycles. The second-order valence-corrected chi connectivity index (χ2v) is 6.54. The van der Waals surface area contributed by atoms with Gasteiger partial charge in [0.05, 0.1) is 12.2 Å². The van der Waals surface area contributed by atoms with Gasteiger partial charge in [0.15, 0.2) is 5.96 Å². The lowest BCUT2D eigenvalue weighted by atomic mass is 10.1. The van der Waals surface area contributed by atoms with E-state index >= 15 is 0 Å². The van der Waals surface area contributed by atoms with Crippen LogP contribution in [0.3, 0.4) is 0 Å². The van der Waals surface area contributed by atoms with Gasteiger partial charge in [-0.1, -0.05) is 23.4 Å². The number of aliphatic imine (C=N–C) groups is 1. The van der Waals surface area contributed by atoms with Gasteiger partial charge in [0.25, 0.3) is 0 Å². The summed E-state index contributed by atoms with van der Waals surface area (Å²) in [5.74, 6) is 2.28. The molecule has 3 rings (SSSR count). The maximum atomic E-state index is 5.57. The van der Waals surface area contributed by atoms with Crippen LogP contribution >= 0.6 is 24.0 Å². The summed E-state index contributed by atoms with van der Waals surface area (Å²) in [4.78, 5) is 9.12. The fourth-order valence-electron chi connectivity index (χ4n) is 2.93. The quantitative estimate of drug-likeness (QED) is 0.204. The average Bonchev–Trinajstić information content (AvgIpc) is 3.31. The lowest BCUT2D eigenvalue weighted by Gasteiger charge is -2.10. The molecular formula is C21H28IN5O2. The highest BCUT2D eigenvalue weighted by Crippen LogP contribution is 2.18. The first-order valence-electron chi connectivity index (χ1n) is 9.61. The van der Waals surface area contributed by atoms with Gasteiger partial charge in [-0.2, -0.15) is 0 Å². The van der Waals surface area contributed by atoms with Gasteiger partial charge in [0.2, 0.25) is 5.89 Å². The second kappa shape index (κ2) is 11.6.